The Balaban J connectivity index is 1.30. The Labute approximate surface area is 203 Å². The van der Waals surface area contributed by atoms with E-state index in [0.29, 0.717) is 17.8 Å². The van der Waals surface area contributed by atoms with Crippen LogP contribution in [0.2, 0.25) is 0 Å². The Bertz CT molecular complexity index is 1220. The van der Waals surface area contributed by atoms with Gasteiger partial charge in [0, 0.05) is 29.9 Å². The van der Waals surface area contributed by atoms with Crippen LogP contribution in [0.4, 0.5) is 11.4 Å². The fourth-order valence-electron chi connectivity index (χ4n) is 3.90. The molecule has 1 fully saturated rings. The molecule has 0 unspecified atom stereocenters. The zero-order valence-electron chi connectivity index (χ0n) is 19.4. The zero-order chi connectivity index (χ0) is 24.8. The van der Waals surface area contributed by atoms with Crippen molar-refractivity contribution in [2.45, 2.75) is 19.8 Å². The second-order valence-electron chi connectivity index (χ2n) is 8.36. The topological polar surface area (TPSA) is 92.8 Å². The highest BCUT2D eigenvalue weighted by Gasteiger charge is 2.35. The number of carbonyl (C=O) groups excluding carboxylic acids is 4. The summed E-state index contributed by atoms with van der Waals surface area (Å²) < 4.78 is 5.11. The molecule has 1 aliphatic rings. The van der Waals surface area contributed by atoms with Crippen LogP contribution < -0.4 is 10.2 Å². The van der Waals surface area contributed by atoms with Crippen LogP contribution in [0.1, 0.15) is 39.6 Å². The maximum atomic E-state index is 12.7. The normalized spacial score (nSPS) is 15.1. The highest BCUT2D eigenvalue weighted by Crippen LogP contribution is 2.26. The van der Waals surface area contributed by atoms with Crippen molar-refractivity contribution in [3.8, 4) is 0 Å². The molecule has 7 heteroatoms. The molecule has 0 bridgehead atoms. The summed E-state index contributed by atoms with van der Waals surface area (Å²) in [6.45, 7) is 2.03. The van der Waals surface area contributed by atoms with E-state index in [9.17, 15) is 19.2 Å². The number of hydrogen-bond acceptors (Lipinski definition) is 5. The van der Waals surface area contributed by atoms with Gasteiger partial charge in [0.15, 0.2) is 12.4 Å². The minimum Gasteiger partial charge on any atom is -0.454 e. The maximum absolute atomic E-state index is 12.7. The van der Waals surface area contributed by atoms with E-state index in [1.165, 1.54) is 17.7 Å². The van der Waals surface area contributed by atoms with Crippen LogP contribution in [0.3, 0.4) is 0 Å². The number of ether oxygens (including phenoxy) is 1. The summed E-state index contributed by atoms with van der Waals surface area (Å²) in [5.41, 5.74) is 3.22. The second-order valence-corrected chi connectivity index (χ2v) is 8.36. The fourth-order valence-corrected chi connectivity index (χ4v) is 3.90. The molecule has 1 heterocycles. The predicted octanol–water partition coefficient (Wildman–Crippen LogP) is 4.28. The first-order chi connectivity index (χ1) is 16.9. The third kappa shape index (κ3) is 5.81. The lowest BCUT2D eigenvalue weighted by Gasteiger charge is -2.17. The summed E-state index contributed by atoms with van der Waals surface area (Å²) in [6.07, 6.45) is 1.06. The van der Waals surface area contributed by atoms with Gasteiger partial charge in [-0.25, -0.2) is 4.79 Å². The Kier molecular flexibility index (Phi) is 7.35. The summed E-state index contributed by atoms with van der Waals surface area (Å²) >= 11 is 0. The third-order valence-corrected chi connectivity index (χ3v) is 5.97. The van der Waals surface area contributed by atoms with Crippen LogP contribution in [0, 0.1) is 5.92 Å². The lowest BCUT2D eigenvalue weighted by atomic mass is 10.1. The van der Waals surface area contributed by atoms with Crippen LogP contribution in [0.5, 0.6) is 0 Å². The van der Waals surface area contributed by atoms with Crippen LogP contribution in [-0.4, -0.2) is 36.7 Å². The smallest absolute Gasteiger partial charge is 0.338 e. The van der Waals surface area contributed by atoms with Crippen molar-refractivity contribution < 1.29 is 23.9 Å². The van der Waals surface area contributed by atoms with Gasteiger partial charge < -0.3 is 15.0 Å². The van der Waals surface area contributed by atoms with Crippen molar-refractivity contribution >= 4 is 34.9 Å². The molecule has 2 amide bonds. The first-order valence-corrected chi connectivity index (χ1v) is 11.5. The van der Waals surface area contributed by atoms with Gasteiger partial charge in [0.2, 0.25) is 11.8 Å². The van der Waals surface area contributed by atoms with Gasteiger partial charge in [-0.05, 0) is 48.4 Å². The number of nitrogens with zero attached hydrogens (tertiary/aromatic N) is 1. The van der Waals surface area contributed by atoms with E-state index in [1.54, 1.807) is 47.4 Å². The van der Waals surface area contributed by atoms with E-state index in [-0.39, 0.29) is 36.2 Å². The number of amides is 2. The molecule has 1 aliphatic heterocycles. The molecule has 3 aromatic rings. The van der Waals surface area contributed by atoms with Crippen LogP contribution >= 0.6 is 0 Å². The number of nitrogens with one attached hydrogen (secondary N) is 1. The van der Waals surface area contributed by atoms with E-state index in [4.69, 9.17) is 4.74 Å². The van der Waals surface area contributed by atoms with Crippen molar-refractivity contribution in [3.63, 3.8) is 0 Å². The quantitative estimate of drug-likeness (QED) is 0.392. The molecule has 0 saturated carbocycles. The van der Waals surface area contributed by atoms with Gasteiger partial charge in [0.25, 0.3) is 0 Å². The van der Waals surface area contributed by atoms with E-state index >= 15 is 0 Å². The molecule has 178 valence electrons. The average molecular weight is 471 g/mol. The first kappa shape index (κ1) is 23.9. The summed E-state index contributed by atoms with van der Waals surface area (Å²) in [4.78, 5) is 51.2. The summed E-state index contributed by atoms with van der Waals surface area (Å²) in [5.74, 6) is -1.73. The van der Waals surface area contributed by atoms with Gasteiger partial charge in [0.05, 0.1) is 11.5 Å². The molecule has 1 N–H and O–H groups in total. The zero-order valence-corrected chi connectivity index (χ0v) is 19.4. The number of anilines is 2. The van der Waals surface area contributed by atoms with E-state index < -0.39 is 11.9 Å². The van der Waals surface area contributed by atoms with E-state index in [1.807, 2.05) is 24.3 Å². The summed E-state index contributed by atoms with van der Waals surface area (Å²) in [5, 5.41) is 2.81. The molecular formula is C28H26N2O5. The number of Topliss-reactive ketones (excluding diaryl/α,β-unsaturated/α-hetero) is 1. The number of carbonyl (C=O) groups is 4. The Morgan fingerprint density at radius 2 is 1.60 bits per heavy atom. The minimum atomic E-state index is -0.627. The molecule has 3 aromatic carbocycles. The van der Waals surface area contributed by atoms with Crippen LogP contribution in [0.25, 0.3) is 0 Å². The molecule has 0 aromatic heterocycles. The first-order valence-electron chi connectivity index (χ1n) is 11.5. The van der Waals surface area contributed by atoms with E-state index in [0.717, 1.165) is 12.1 Å². The van der Waals surface area contributed by atoms with Crippen molar-refractivity contribution in [1.82, 2.24) is 0 Å². The highest BCUT2D eigenvalue weighted by atomic mass is 16.5. The summed E-state index contributed by atoms with van der Waals surface area (Å²) in [7, 11) is 0. The molecule has 0 aliphatic carbocycles. The number of aryl methyl sites for hydroxylation is 1. The SMILES string of the molecule is CCc1ccc(N2C[C@H](C(=O)Nc3ccc(C(=O)OCC(=O)c4ccccc4)cc3)CC2=O)cc1. The number of ketones is 1. The standard InChI is InChI=1S/C28H26N2O5/c1-2-19-8-14-24(15-9-19)30-17-22(16-26(30)32)27(33)29-23-12-10-21(11-13-23)28(34)35-18-25(31)20-6-4-3-5-7-20/h3-15,22H,2,16-18H2,1H3,(H,29,33)/t22-/m1/s1. The average Bonchev–Trinajstić information content (AvgIpc) is 3.29. The molecule has 35 heavy (non-hydrogen) atoms. The van der Waals surface area contributed by atoms with Gasteiger partial charge in [-0.15, -0.1) is 0 Å². The molecule has 1 saturated heterocycles. The van der Waals surface area contributed by atoms with Crippen molar-refractivity contribution in [1.29, 1.82) is 0 Å². The van der Waals surface area contributed by atoms with Crippen molar-refractivity contribution in [2.24, 2.45) is 5.92 Å². The van der Waals surface area contributed by atoms with Crippen LogP contribution in [0.15, 0.2) is 78.9 Å². The molecule has 4 rings (SSSR count). The van der Waals surface area contributed by atoms with Gasteiger partial charge in [-0.1, -0.05) is 49.4 Å². The number of hydrogen-bond donors (Lipinski definition) is 1. The monoisotopic (exact) mass is 470 g/mol. The Morgan fingerprint density at radius 1 is 0.914 bits per heavy atom. The third-order valence-electron chi connectivity index (χ3n) is 5.97. The van der Waals surface area contributed by atoms with E-state index in [2.05, 4.69) is 12.2 Å². The lowest BCUT2D eigenvalue weighted by Crippen LogP contribution is -2.28. The van der Waals surface area contributed by atoms with Crippen LogP contribution in [-0.2, 0) is 20.7 Å². The molecule has 0 radical (unpaired) electrons. The molecule has 7 nitrogen and oxygen atoms in total. The minimum absolute atomic E-state index is 0.0856. The number of esters is 1. The van der Waals surface area contributed by atoms with Gasteiger partial charge >= 0.3 is 5.97 Å². The maximum Gasteiger partial charge on any atom is 0.338 e. The van der Waals surface area contributed by atoms with Gasteiger partial charge in [-0.2, -0.15) is 0 Å². The number of rotatable bonds is 8. The van der Waals surface area contributed by atoms with Crippen molar-refractivity contribution in [2.75, 3.05) is 23.4 Å². The fraction of sp³-hybridized carbons (Fsp3) is 0.214. The Morgan fingerprint density at radius 3 is 2.26 bits per heavy atom. The van der Waals surface area contributed by atoms with Crippen molar-refractivity contribution in [3.05, 3.63) is 95.6 Å². The number of benzene rings is 3. The molecule has 1 atom stereocenters. The summed E-state index contributed by atoms with van der Waals surface area (Å²) in [6, 6.07) is 22.6. The molecule has 0 spiro atoms. The van der Waals surface area contributed by atoms with Gasteiger partial charge in [0.1, 0.15) is 0 Å². The predicted molar refractivity (Wildman–Crippen MR) is 132 cm³/mol. The van der Waals surface area contributed by atoms with Gasteiger partial charge in [-0.3, -0.25) is 14.4 Å². The second kappa shape index (κ2) is 10.8. The highest BCUT2D eigenvalue weighted by molar-refractivity contribution is 6.04. The lowest BCUT2D eigenvalue weighted by molar-refractivity contribution is -0.122. The Hall–Kier alpha value is -4.26. The largest absolute Gasteiger partial charge is 0.454 e. The molecular weight excluding hydrogens is 444 g/mol.